The molecule has 0 saturated carbocycles. The summed E-state index contributed by atoms with van der Waals surface area (Å²) < 4.78 is 1.16. The molecule has 0 amide bonds. The number of hydrogen-bond acceptors (Lipinski definition) is 1. The van der Waals surface area contributed by atoms with Crippen LogP contribution in [0.4, 0.5) is 5.69 Å². The zero-order valence-corrected chi connectivity index (χ0v) is 14.8. The fourth-order valence-electron chi connectivity index (χ4n) is 2.48. The first-order valence-electron chi connectivity index (χ1n) is 8.28. The summed E-state index contributed by atoms with van der Waals surface area (Å²) in [6, 6.07) is 8.79. The van der Waals surface area contributed by atoms with E-state index < -0.39 is 0 Å². The van der Waals surface area contributed by atoms with Crippen molar-refractivity contribution in [3.63, 3.8) is 0 Å². The van der Waals surface area contributed by atoms with Gasteiger partial charge in [0.25, 0.3) is 0 Å². The van der Waals surface area contributed by atoms with Gasteiger partial charge in [0.1, 0.15) is 0 Å². The van der Waals surface area contributed by atoms with E-state index in [0.717, 1.165) is 4.47 Å². The molecule has 0 atom stereocenters. The normalized spacial score (nSPS) is 10.8. The van der Waals surface area contributed by atoms with E-state index in [1.54, 1.807) is 0 Å². The number of benzene rings is 1. The number of rotatable bonds is 11. The highest BCUT2D eigenvalue weighted by Crippen LogP contribution is 2.20. The van der Waals surface area contributed by atoms with Gasteiger partial charge >= 0.3 is 0 Å². The van der Waals surface area contributed by atoms with Gasteiger partial charge < -0.3 is 4.90 Å². The standard InChI is InChI=1S/C18H30BrN/c1-3-5-7-9-15-20(16-10-8-6-4-2)18-13-11-17(19)12-14-18/h11-14H,3-10,15-16H2,1-2H3. The SMILES string of the molecule is CCCCCCN(CCCCCC)c1ccc(Br)cc1. The molecule has 1 rings (SSSR count). The molecule has 0 N–H and O–H groups in total. The second kappa shape index (κ2) is 11.2. The predicted molar refractivity (Wildman–Crippen MR) is 94.6 cm³/mol. The molecule has 2 heteroatoms. The monoisotopic (exact) mass is 339 g/mol. The highest BCUT2D eigenvalue weighted by atomic mass is 79.9. The zero-order valence-electron chi connectivity index (χ0n) is 13.2. The molecular weight excluding hydrogens is 310 g/mol. The Bertz CT molecular complexity index is 322. The van der Waals surface area contributed by atoms with Gasteiger partial charge in [0.15, 0.2) is 0 Å². The number of unbranched alkanes of at least 4 members (excludes halogenated alkanes) is 6. The summed E-state index contributed by atoms with van der Waals surface area (Å²) in [5, 5.41) is 0. The molecular formula is C18H30BrN. The molecule has 0 radical (unpaired) electrons. The Kier molecular flexibility index (Phi) is 9.82. The van der Waals surface area contributed by atoms with E-state index in [-0.39, 0.29) is 0 Å². The third-order valence-electron chi connectivity index (χ3n) is 3.75. The lowest BCUT2D eigenvalue weighted by molar-refractivity contribution is 0.609. The molecule has 0 heterocycles. The fourth-order valence-corrected chi connectivity index (χ4v) is 2.75. The Balaban J connectivity index is 2.47. The van der Waals surface area contributed by atoms with Crippen LogP contribution in [0.5, 0.6) is 0 Å². The first-order valence-corrected chi connectivity index (χ1v) is 9.07. The molecule has 20 heavy (non-hydrogen) atoms. The van der Waals surface area contributed by atoms with Crippen molar-refractivity contribution in [2.24, 2.45) is 0 Å². The summed E-state index contributed by atoms with van der Waals surface area (Å²) in [7, 11) is 0. The summed E-state index contributed by atoms with van der Waals surface area (Å²) in [6.07, 6.45) is 10.7. The van der Waals surface area contributed by atoms with E-state index in [9.17, 15) is 0 Å². The van der Waals surface area contributed by atoms with Gasteiger partial charge in [-0.15, -0.1) is 0 Å². The number of nitrogens with zero attached hydrogens (tertiary/aromatic N) is 1. The minimum Gasteiger partial charge on any atom is -0.372 e. The van der Waals surface area contributed by atoms with Crippen molar-refractivity contribution in [2.75, 3.05) is 18.0 Å². The zero-order chi connectivity index (χ0) is 14.6. The van der Waals surface area contributed by atoms with Crippen LogP contribution in [0.15, 0.2) is 28.7 Å². The lowest BCUT2D eigenvalue weighted by Crippen LogP contribution is -2.25. The summed E-state index contributed by atoms with van der Waals surface area (Å²) in [5.74, 6) is 0. The van der Waals surface area contributed by atoms with Crippen LogP contribution in [-0.4, -0.2) is 13.1 Å². The average Bonchev–Trinajstić information content (AvgIpc) is 2.47. The quantitative estimate of drug-likeness (QED) is 0.420. The smallest absolute Gasteiger partial charge is 0.0366 e. The van der Waals surface area contributed by atoms with Gasteiger partial charge in [0, 0.05) is 23.2 Å². The van der Waals surface area contributed by atoms with E-state index >= 15 is 0 Å². The third kappa shape index (κ3) is 7.33. The Labute approximate surface area is 133 Å². The van der Waals surface area contributed by atoms with Gasteiger partial charge in [-0.1, -0.05) is 68.3 Å². The molecule has 1 nitrogen and oxygen atoms in total. The topological polar surface area (TPSA) is 3.24 Å². The van der Waals surface area contributed by atoms with Crippen LogP contribution < -0.4 is 4.90 Å². The molecule has 0 spiro atoms. The van der Waals surface area contributed by atoms with E-state index in [0.29, 0.717) is 0 Å². The van der Waals surface area contributed by atoms with Gasteiger partial charge in [0.2, 0.25) is 0 Å². The van der Waals surface area contributed by atoms with Crippen LogP contribution in [-0.2, 0) is 0 Å². The largest absolute Gasteiger partial charge is 0.372 e. The molecule has 0 fully saturated rings. The molecule has 0 aliphatic rings. The van der Waals surface area contributed by atoms with Gasteiger partial charge in [-0.3, -0.25) is 0 Å². The van der Waals surface area contributed by atoms with Crippen molar-refractivity contribution < 1.29 is 0 Å². The summed E-state index contributed by atoms with van der Waals surface area (Å²) in [6.45, 7) is 6.95. The first-order chi connectivity index (χ1) is 9.77. The van der Waals surface area contributed by atoms with Crippen LogP contribution >= 0.6 is 15.9 Å². The molecule has 0 saturated heterocycles. The number of hydrogen-bond donors (Lipinski definition) is 0. The summed E-state index contributed by atoms with van der Waals surface area (Å²) in [4.78, 5) is 2.57. The lowest BCUT2D eigenvalue weighted by Gasteiger charge is -2.25. The van der Waals surface area contributed by atoms with Crippen LogP contribution in [0.25, 0.3) is 0 Å². The molecule has 1 aromatic rings. The molecule has 0 aliphatic heterocycles. The molecule has 114 valence electrons. The van der Waals surface area contributed by atoms with E-state index in [2.05, 4.69) is 58.9 Å². The number of anilines is 1. The Morgan fingerprint density at radius 3 is 1.70 bits per heavy atom. The fraction of sp³-hybridized carbons (Fsp3) is 0.667. The molecule has 0 unspecified atom stereocenters. The maximum absolute atomic E-state index is 3.52. The lowest BCUT2D eigenvalue weighted by atomic mass is 10.1. The second-order valence-corrected chi connectivity index (χ2v) is 6.50. The van der Waals surface area contributed by atoms with Crippen LogP contribution in [0.1, 0.15) is 65.2 Å². The van der Waals surface area contributed by atoms with Crippen LogP contribution in [0, 0.1) is 0 Å². The Morgan fingerprint density at radius 2 is 1.25 bits per heavy atom. The molecule has 1 aromatic carbocycles. The van der Waals surface area contributed by atoms with Crippen molar-refractivity contribution in [3.8, 4) is 0 Å². The predicted octanol–water partition coefficient (Wildman–Crippen LogP) is 6.42. The van der Waals surface area contributed by atoms with Crippen molar-refractivity contribution in [3.05, 3.63) is 28.7 Å². The van der Waals surface area contributed by atoms with Gasteiger partial charge in [0.05, 0.1) is 0 Å². The van der Waals surface area contributed by atoms with Crippen molar-refractivity contribution in [1.29, 1.82) is 0 Å². The third-order valence-corrected chi connectivity index (χ3v) is 4.28. The molecule has 0 aliphatic carbocycles. The van der Waals surface area contributed by atoms with Gasteiger partial charge in [-0.2, -0.15) is 0 Å². The maximum Gasteiger partial charge on any atom is 0.0366 e. The van der Waals surface area contributed by atoms with Crippen molar-refractivity contribution >= 4 is 21.6 Å². The maximum atomic E-state index is 3.52. The van der Waals surface area contributed by atoms with Crippen molar-refractivity contribution in [1.82, 2.24) is 0 Å². The van der Waals surface area contributed by atoms with Gasteiger partial charge in [-0.05, 0) is 37.1 Å². The summed E-state index contributed by atoms with van der Waals surface area (Å²) in [5.41, 5.74) is 1.38. The van der Waals surface area contributed by atoms with Crippen LogP contribution in [0.3, 0.4) is 0 Å². The van der Waals surface area contributed by atoms with Crippen molar-refractivity contribution in [2.45, 2.75) is 65.2 Å². The Hall–Kier alpha value is -0.500. The van der Waals surface area contributed by atoms with Gasteiger partial charge in [-0.25, -0.2) is 0 Å². The second-order valence-electron chi connectivity index (χ2n) is 5.58. The Morgan fingerprint density at radius 1 is 0.750 bits per heavy atom. The van der Waals surface area contributed by atoms with E-state index in [4.69, 9.17) is 0 Å². The molecule has 0 aromatic heterocycles. The average molecular weight is 340 g/mol. The number of halogens is 1. The highest BCUT2D eigenvalue weighted by Gasteiger charge is 2.06. The highest BCUT2D eigenvalue weighted by molar-refractivity contribution is 9.10. The summed E-state index contributed by atoms with van der Waals surface area (Å²) >= 11 is 3.52. The molecule has 0 bridgehead atoms. The first kappa shape index (κ1) is 17.6. The minimum atomic E-state index is 1.16. The van der Waals surface area contributed by atoms with E-state index in [1.807, 2.05) is 0 Å². The van der Waals surface area contributed by atoms with Crippen LogP contribution in [0.2, 0.25) is 0 Å². The van der Waals surface area contributed by atoms with E-state index in [1.165, 1.54) is 70.1 Å². The minimum absolute atomic E-state index is 1.16.